The minimum Gasteiger partial charge on any atom is -0.0818 e. The van der Waals surface area contributed by atoms with E-state index in [1.165, 1.54) is 31.3 Å². The van der Waals surface area contributed by atoms with Gasteiger partial charge in [-0.05, 0) is 36.2 Å². The number of allylic oxidation sites excluding steroid dienone is 6. The lowest BCUT2D eigenvalue weighted by Gasteiger charge is -2.26. The largest absolute Gasteiger partial charge is 0.0818 e. The zero-order chi connectivity index (χ0) is 15.2. The van der Waals surface area contributed by atoms with Gasteiger partial charge in [-0.15, -0.1) is 0 Å². The summed E-state index contributed by atoms with van der Waals surface area (Å²) in [7, 11) is 0. The van der Waals surface area contributed by atoms with Gasteiger partial charge in [0.1, 0.15) is 0 Å². The molecule has 0 aromatic carbocycles. The van der Waals surface area contributed by atoms with E-state index in [9.17, 15) is 0 Å². The van der Waals surface area contributed by atoms with Crippen molar-refractivity contribution >= 4 is 22.6 Å². The molecule has 0 aromatic heterocycles. The van der Waals surface area contributed by atoms with Crippen molar-refractivity contribution in [2.45, 2.75) is 60.3 Å². The van der Waals surface area contributed by atoms with Crippen molar-refractivity contribution in [3.05, 3.63) is 35.5 Å². The van der Waals surface area contributed by atoms with Crippen LogP contribution in [0.25, 0.3) is 0 Å². The second-order valence-electron chi connectivity index (χ2n) is 7.38. The third kappa shape index (κ3) is 6.15. The van der Waals surface area contributed by atoms with Crippen molar-refractivity contribution in [3.8, 4) is 0 Å². The highest BCUT2D eigenvalue weighted by atomic mass is 127. The predicted molar refractivity (Wildman–Crippen MR) is 100 cm³/mol. The summed E-state index contributed by atoms with van der Waals surface area (Å²) < 4.78 is 1.10. The summed E-state index contributed by atoms with van der Waals surface area (Å²) in [6.45, 7) is 11.8. The van der Waals surface area contributed by atoms with E-state index in [2.05, 4.69) is 81.5 Å². The van der Waals surface area contributed by atoms with Crippen LogP contribution in [0.2, 0.25) is 0 Å². The van der Waals surface area contributed by atoms with Crippen LogP contribution in [0.15, 0.2) is 35.5 Å². The molecule has 2 atom stereocenters. The molecule has 0 spiro atoms. The first-order chi connectivity index (χ1) is 9.37. The van der Waals surface area contributed by atoms with Crippen LogP contribution in [0.1, 0.15) is 60.3 Å². The summed E-state index contributed by atoms with van der Waals surface area (Å²) in [5.74, 6) is 1.46. The van der Waals surface area contributed by atoms with Gasteiger partial charge in [0.05, 0.1) is 0 Å². The summed E-state index contributed by atoms with van der Waals surface area (Å²) in [6.07, 6.45) is 14.5. The number of alkyl halides is 1. The highest BCUT2D eigenvalue weighted by Gasteiger charge is 2.23. The topological polar surface area (TPSA) is 0 Å². The average Bonchev–Trinajstić information content (AvgIpc) is 2.67. The lowest BCUT2D eigenvalue weighted by Crippen LogP contribution is -2.13. The predicted octanol–water partition coefficient (Wildman–Crippen LogP) is 6.72. The molecule has 0 bridgehead atoms. The third-order valence-electron chi connectivity index (χ3n) is 3.86. The van der Waals surface area contributed by atoms with Crippen molar-refractivity contribution in [1.29, 1.82) is 0 Å². The summed E-state index contributed by atoms with van der Waals surface area (Å²) >= 11 is 2.41. The Bertz CT molecular complexity index is 379. The van der Waals surface area contributed by atoms with Gasteiger partial charge in [-0.1, -0.05) is 93.5 Å². The van der Waals surface area contributed by atoms with Crippen LogP contribution in [0.5, 0.6) is 0 Å². The highest BCUT2D eigenvalue weighted by molar-refractivity contribution is 14.1. The quantitative estimate of drug-likeness (QED) is 0.336. The smallest absolute Gasteiger partial charge is 0.0179 e. The highest BCUT2D eigenvalue weighted by Crippen LogP contribution is 2.37. The van der Waals surface area contributed by atoms with Crippen LogP contribution in [0.4, 0.5) is 0 Å². The number of halogens is 1. The van der Waals surface area contributed by atoms with Crippen molar-refractivity contribution in [2.75, 3.05) is 4.43 Å². The first kappa shape index (κ1) is 18.0. The standard InChI is InChI=1S/C19H31I/c1-6-8-18-16(9-7-12-20)10-11-17(18)13-15(2)14-19(3,4)5/h7,9-11,15,18H,6,8,12-14H2,1-5H3/b9-7-. The minimum absolute atomic E-state index is 0.441. The SMILES string of the molecule is CCCC1C(/C=C\CI)=CC=C1CC(C)CC(C)(C)C. The van der Waals surface area contributed by atoms with Crippen molar-refractivity contribution in [3.63, 3.8) is 0 Å². The van der Waals surface area contributed by atoms with Crippen LogP contribution < -0.4 is 0 Å². The zero-order valence-corrected chi connectivity index (χ0v) is 16.0. The Balaban J connectivity index is 2.65. The monoisotopic (exact) mass is 386 g/mol. The van der Waals surface area contributed by atoms with Gasteiger partial charge in [0, 0.05) is 10.3 Å². The number of hydrogen-bond donors (Lipinski definition) is 0. The Hall–Kier alpha value is -0.0500. The fourth-order valence-corrected chi connectivity index (χ4v) is 3.63. The molecule has 0 amide bonds. The average molecular weight is 386 g/mol. The fraction of sp³-hybridized carbons (Fsp3) is 0.684. The molecule has 1 aliphatic carbocycles. The molecule has 20 heavy (non-hydrogen) atoms. The van der Waals surface area contributed by atoms with Gasteiger partial charge < -0.3 is 0 Å². The summed E-state index contributed by atoms with van der Waals surface area (Å²) in [5, 5.41) is 0. The van der Waals surface area contributed by atoms with E-state index in [-0.39, 0.29) is 0 Å². The molecule has 0 N–H and O–H groups in total. The van der Waals surface area contributed by atoms with E-state index < -0.39 is 0 Å². The maximum atomic E-state index is 2.41. The zero-order valence-electron chi connectivity index (χ0n) is 13.9. The van der Waals surface area contributed by atoms with Crippen molar-refractivity contribution in [1.82, 2.24) is 0 Å². The molecule has 0 aromatic rings. The van der Waals surface area contributed by atoms with Crippen LogP contribution in [0, 0.1) is 17.3 Å². The molecule has 2 unspecified atom stereocenters. The first-order valence-electron chi connectivity index (χ1n) is 8.00. The third-order valence-corrected chi connectivity index (χ3v) is 4.37. The van der Waals surface area contributed by atoms with Gasteiger partial charge >= 0.3 is 0 Å². The van der Waals surface area contributed by atoms with Crippen molar-refractivity contribution < 1.29 is 0 Å². The maximum Gasteiger partial charge on any atom is 0.0179 e. The van der Waals surface area contributed by atoms with E-state index in [1.807, 2.05) is 0 Å². The second kappa shape index (κ2) is 8.41. The minimum atomic E-state index is 0.441. The van der Waals surface area contributed by atoms with E-state index in [0.29, 0.717) is 11.3 Å². The Morgan fingerprint density at radius 1 is 1.30 bits per heavy atom. The van der Waals surface area contributed by atoms with Gasteiger partial charge in [0.2, 0.25) is 0 Å². The van der Waals surface area contributed by atoms with E-state index in [0.717, 1.165) is 10.3 Å². The normalized spacial score (nSPS) is 21.2. The Morgan fingerprint density at radius 2 is 2.00 bits per heavy atom. The van der Waals surface area contributed by atoms with Crippen LogP contribution in [0.3, 0.4) is 0 Å². The molecular formula is C19H31I. The molecular weight excluding hydrogens is 355 g/mol. The van der Waals surface area contributed by atoms with Crippen LogP contribution >= 0.6 is 22.6 Å². The Morgan fingerprint density at radius 3 is 2.55 bits per heavy atom. The molecule has 0 heterocycles. The number of rotatable bonds is 7. The lowest BCUT2D eigenvalue weighted by atomic mass is 9.80. The van der Waals surface area contributed by atoms with Crippen LogP contribution in [-0.4, -0.2) is 4.43 Å². The fourth-order valence-electron chi connectivity index (χ4n) is 3.37. The number of hydrogen-bond acceptors (Lipinski definition) is 0. The van der Waals surface area contributed by atoms with Gasteiger partial charge in [-0.3, -0.25) is 0 Å². The molecule has 0 nitrogen and oxygen atoms in total. The molecule has 0 radical (unpaired) electrons. The molecule has 0 saturated carbocycles. The summed E-state index contributed by atoms with van der Waals surface area (Å²) in [5.41, 5.74) is 3.63. The molecule has 0 saturated heterocycles. The van der Waals surface area contributed by atoms with Gasteiger partial charge in [0.25, 0.3) is 0 Å². The van der Waals surface area contributed by atoms with E-state index >= 15 is 0 Å². The molecule has 0 aliphatic heterocycles. The van der Waals surface area contributed by atoms with Gasteiger partial charge in [-0.2, -0.15) is 0 Å². The van der Waals surface area contributed by atoms with Crippen LogP contribution in [-0.2, 0) is 0 Å². The van der Waals surface area contributed by atoms with E-state index in [4.69, 9.17) is 0 Å². The Kier molecular flexibility index (Phi) is 7.57. The molecule has 1 aliphatic rings. The summed E-state index contributed by atoms with van der Waals surface area (Å²) in [4.78, 5) is 0. The Labute approximate surface area is 139 Å². The molecule has 1 heteroatoms. The van der Waals surface area contributed by atoms with Gasteiger partial charge in [0.15, 0.2) is 0 Å². The van der Waals surface area contributed by atoms with Gasteiger partial charge in [-0.25, -0.2) is 0 Å². The molecule has 114 valence electrons. The first-order valence-corrected chi connectivity index (χ1v) is 9.53. The maximum absolute atomic E-state index is 2.41. The van der Waals surface area contributed by atoms with Crippen molar-refractivity contribution in [2.24, 2.45) is 17.3 Å². The second-order valence-corrected chi connectivity index (χ2v) is 8.26. The lowest BCUT2D eigenvalue weighted by molar-refractivity contribution is 0.302. The molecule has 0 fully saturated rings. The molecule has 1 rings (SSSR count). The summed E-state index contributed by atoms with van der Waals surface area (Å²) in [6, 6.07) is 0. The van der Waals surface area contributed by atoms with E-state index in [1.54, 1.807) is 5.57 Å².